The molecule has 7 nitrogen and oxygen atoms in total. The average Bonchev–Trinajstić information content (AvgIpc) is 2.85. The molecule has 3 rings (SSSR count). The topological polar surface area (TPSA) is 95.9 Å². The molecule has 2 aromatic carbocycles. The molecule has 1 aliphatic heterocycles. The van der Waals surface area contributed by atoms with Crippen LogP contribution in [-0.2, 0) is 25.2 Å². The van der Waals surface area contributed by atoms with Crippen LogP contribution in [0.15, 0.2) is 48.5 Å². The lowest BCUT2D eigenvalue weighted by Crippen LogP contribution is -2.33. The predicted molar refractivity (Wildman–Crippen MR) is 145 cm³/mol. The van der Waals surface area contributed by atoms with Gasteiger partial charge in [-0.1, -0.05) is 81.3 Å². The highest BCUT2D eigenvalue weighted by Gasteiger charge is 2.24. The molecule has 2 aromatic rings. The van der Waals surface area contributed by atoms with Crippen molar-refractivity contribution in [1.29, 1.82) is 0 Å². The summed E-state index contributed by atoms with van der Waals surface area (Å²) in [5.74, 6) is -0.212. The highest BCUT2D eigenvalue weighted by Crippen LogP contribution is 2.47. The van der Waals surface area contributed by atoms with Crippen LogP contribution in [0.3, 0.4) is 0 Å². The van der Waals surface area contributed by atoms with Gasteiger partial charge in [-0.05, 0) is 35.6 Å². The van der Waals surface area contributed by atoms with Crippen LogP contribution in [0.2, 0.25) is 0 Å². The number of nitrogens with zero attached hydrogens (tertiary/aromatic N) is 1. The van der Waals surface area contributed by atoms with Gasteiger partial charge in [-0.15, -0.1) is 0 Å². The monoisotopic (exact) mass is 512 g/mol. The molecule has 1 aliphatic rings. The van der Waals surface area contributed by atoms with Gasteiger partial charge in [0.05, 0.1) is 24.5 Å². The van der Waals surface area contributed by atoms with E-state index in [0.29, 0.717) is 19.5 Å². The zero-order chi connectivity index (χ0) is 26.0. The van der Waals surface area contributed by atoms with E-state index in [9.17, 15) is 19.0 Å². The van der Waals surface area contributed by atoms with Gasteiger partial charge >= 0.3 is 7.60 Å². The van der Waals surface area contributed by atoms with E-state index in [1.54, 1.807) is 18.7 Å². The average molecular weight is 513 g/mol. The van der Waals surface area contributed by atoms with Crippen molar-refractivity contribution in [2.45, 2.75) is 64.6 Å². The Kier molecular flexibility index (Phi) is 10.5. The Bertz CT molecular complexity index is 1110. The van der Waals surface area contributed by atoms with E-state index >= 15 is 0 Å². The van der Waals surface area contributed by atoms with Crippen LogP contribution >= 0.6 is 7.60 Å². The Balaban J connectivity index is 1.41. The van der Waals surface area contributed by atoms with Gasteiger partial charge in [0.1, 0.15) is 0 Å². The van der Waals surface area contributed by atoms with Gasteiger partial charge in [-0.2, -0.15) is 0 Å². The number of amides is 2. The molecule has 194 valence electrons. The number of hydrogen-bond acceptors (Lipinski definition) is 4. The Morgan fingerprint density at radius 3 is 2.42 bits per heavy atom. The molecule has 0 aliphatic carbocycles. The second-order valence-electron chi connectivity index (χ2n) is 9.33. The lowest BCUT2D eigenvalue weighted by molar-refractivity contribution is -0.125. The maximum Gasteiger partial charge on any atom is 0.330 e. The first kappa shape index (κ1) is 27.9. The summed E-state index contributed by atoms with van der Waals surface area (Å²) >= 11 is 0. The molecule has 2 amide bonds. The third kappa shape index (κ3) is 8.16. The van der Waals surface area contributed by atoms with Gasteiger partial charge in [0, 0.05) is 19.4 Å². The van der Waals surface area contributed by atoms with Crippen LogP contribution in [-0.4, -0.2) is 35.5 Å². The largest absolute Gasteiger partial charge is 0.356 e. The quantitative estimate of drug-likeness (QED) is 0.278. The number of carbonyl (C=O) groups is 2. The summed E-state index contributed by atoms with van der Waals surface area (Å²) in [6.45, 7) is 4.61. The van der Waals surface area contributed by atoms with E-state index in [4.69, 9.17) is 4.52 Å². The van der Waals surface area contributed by atoms with E-state index in [1.165, 1.54) is 0 Å². The van der Waals surface area contributed by atoms with Crippen molar-refractivity contribution in [3.8, 4) is 0 Å². The SMILES string of the molecule is CC(C)P(=O)(O)OCCCCCCNC(=O)CCC(=O)N1Cc2ccccc2/C=C\c2ccccc21. The molecule has 1 heterocycles. The first-order valence-electron chi connectivity index (χ1n) is 12.7. The number of nitrogens with one attached hydrogen (secondary N) is 1. The molecule has 0 radical (unpaired) electrons. The normalized spacial score (nSPS) is 15.3. The van der Waals surface area contributed by atoms with Gasteiger partial charge in [0.25, 0.3) is 0 Å². The van der Waals surface area contributed by atoms with Crippen molar-refractivity contribution in [1.82, 2.24) is 5.32 Å². The first-order chi connectivity index (χ1) is 17.3. The molecule has 0 spiro atoms. The van der Waals surface area contributed by atoms with E-state index in [-0.39, 0.29) is 31.3 Å². The summed E-state index contributed by atoms with van der Waals surface area (Å²) in [6.07, 6.45) is 7.64. The number of benzene rings is 2. The van der Waals surface area contributed by atoms with Gasteiger partial charge < -0.3 is 19.6 Å². The molecule has 36 heavy (non-hydrogen) atoms. The molecule has 1 unspecified atom stereocenters. The molecule has 0 aromatic heterocycles. The van der Waals surface area contributed by atoms with E-state index < -0.39 is 13.3 Å². The summed E-state index contributed by atoms with van der Waals surface area (Å²) in [4.78, 5) is 37.0. The Hall–Kier alpha value is -2.73. The first-order valence-corrected chi connectivity index (χ1v) is 14.3. The number of unbranched alkanes of at least 4 members (excludes halogenated alkanes) is 3. The van der Waals surface area contributed by atoms with E-state index in [2.05, 4.69) is 11.4 Å². The van der Waals surface area contributed by atoms with Crippen molar-refractivity contribution in [2.24, 2.45) is 0 Å². The Labute approximate surface area is 214 Å². The van der Waals surface area contributed by atoms with Crippen LogP contribution in [0.1, 0.15) is 69.1 Å². The van der Waals surface area contributed by atoms with Gasteiger partial charge in [-0.3, -0.25) is 14.2 Å². The van der Waals surface area contributed by atoms with Crippen molar-refractivity contribution in [3.63, 3.8) is 0 Å². The number of carbonyl (C=O) groups excluding carboxylic acids is 2. The van der Waals surface area contributed by atoms with Crippen molar-refractivity contribution < 1.29 is 23.6 Å². The van der Waals surface area contributed by atoms with Crippen molar-refractivity contribution in [2.75, 3.05) is 18.1 Å². The smallest absolute Gasteiger partial charge is 0.330 e. The van der Waals surface area contributed by atoms with Gasteiger partial charge in [0.2, 0.25) is 11.8 Å². The molecular formula is C28H37N2O5P. The second-order valence-corrected chi connectivity index (χ2v) is 11.7. The lowest BCUT2D eigenvalue weighted by atomic mass is 10.0. The molecule has 8 heteroatoms. The molecule has 0 saturated carbocycles. The standard InChI is InChI=1S/C28H37N2O5P/c1-22(2)36(33,34)35-20-10-4-3-9-19-29-27(31)17-18-28(32)30-21-25-13-6-5-11-23(25)15-16-24-12-7-8-14-26(24)30/h5-8,11-16,22H,3-4,9-10,17-21H2,1-2H3,(H,29,31)(H,33,34)/b16-15-. The second kappa shape index (κ2) is 13.5. The highest BCUT2D eigenvalue weighted by atomic mass is 31.2. The van der Waals surface area contributed by atoms with Crippen LogP contribution in [0, 0.1) is 0 Å². The number of para-hydroxylation sites is 1. The number of fused-ring (bicyclic) bond motifs is 2. The summed E-state index contributed by atoms with van der Waals surface area (Å²) in [5.41, 5.74) is 3.58. The molecule has 0 fully saturated rings. The van der Waals surface area contributed by atoms with E-state index in [0.717, 1.165) is 41.6 Å². The zero-order valence-electron chi connectivity index (χ0n) is 21.2. The van der Waals surface area contributed by atoms with Gasteiger partial charge in [-0.25, -0.2) is 0 Å². The molecule has 0 saturated heterocycles. The van der Waals surface area contributed by atoms with Crippen LogP contribution in [0.5, 0.6) is 0 Å². The zero-order valence-corrected chi connectivity index (χ0v) is 22.1. The molecule has 2 N–H and O–H groups in total. The van der Waals surface area contributed by atoms with Crippen molar-refractivity contribution in [3.05, 3.63) is 65.2 Å². The summed E-state index contributed by atoms with van der Waals surface area (Å²) in [7, 11) is -3.50. The minimum atomic E-state index is -3.50. The number of anilines is 1. The van der Waals surface area contributed by atoms with Crippen LogP contribution < -0.4 is 10.2 Å². The Morgan fingerprint density at radius 2 is 1.64 bits per heavy atom. The third-order valence-electron chi connectivity index (χ3n) is 6.24. The molecular weight excluding hydrogens is 475 g/mol. The maximum atomic E-state index is 13.2. The fraction of sp³-hybridized carbons (Fsp3) is 0.429. The summed E-state index contributed by atoms with van der Waals surface area (Å²) < 4.78 is 16.8. The lowest BCUT2D eigenvalue weighted by Gasteiger charge is -2.27. The minimum Gasteiger partial charge on any atom is -0.356 e. The molecule has 0 bridgehead atoms. The molecule has 1 atom stereocenters. The van der Waals surface area contributed by atoms with Gasteiger partial charge in [0.15, 0.2) is 0 Å². The number of hydrogen-bond donors (Lipinski definition) is 2. The van der Waals surface area contributed by atoms with Crippen molar-refractivity contribution >= 4 is 37.2 Å². The number of rotatable bonds is 12. The summed E-state index contributed by atoms with van der Waals surface area (Å²) in [5, 5.41) is 2.89. The predicted octanol–water partition coefficient (Wildman–Crippen LogP) is 5.77. The minimum absolute atomic E-state index is 0.0785. The van der Waals surface area contributed by atoms with Crippen LogP contribution in [0.25, 0.3) is 12.2 Å². The van der Waals surface area contributed by atoms with Crippen LogP contribution in [0.4, 0.5) is 5.69 Å². The fourth-order valence-electron chi connectivity index (χ4n) is 3.97. The summed E-state index contributed by atoms with van der Waals surface area (Å²) in [6, 6.07) is 15.8. The fourth-order valence-corrected chi connectivity index (χ4v) is 4.66. The maximum absolute atomic E-state index is 13.2. The van der Waals surface area contributed by atoms with E-state index in [1.807, 2.05) is 54.6 Å². The highest BCUT2D eigenvalue weighted by molar-refractivity contribution is 7.53. The third-order valence-corrected chi connectivity index (χ3v) is 8.10. The Morgan fingerprint density at radius 1 is 0.972 bits per heavy atom.